The van der Waals surface area contributed by atoms with Crippen LogP contribution in [-0.2, 0) is 0 Å². The molecule has 0 aliphatic carbocycles. The molecule has 1 radical (unpaired) electrons. The SMILES string of the molecule is Cl[Si](Cl)c1ccccc1. The third kappa shape index (κ3) is 2.01. The van der Waals surface area contributed by atoms with Crippen LogP contribution >= 0.6 is 22.2 Å². The summed E-state index contributed by atoms with van der Waals surface area (Å²) in [7, 11) is -1.27. The first kappa shape index (κ1) is 7.13. The monoisotopic (exact) mass is 175 g/mol. The second kappa shape index (κ2) is 3.25. The molecule has 0 amide bonds. The Bertz CT molecular complexity index is 174. The maximum Gasteiger partial charge on any atom is 0.307 e. The molecule has 0 aliphatic rings. The van der Waals surface area contributed by atoms with E-state index in [0.29, 0.717) is 0 Å². The molecule has 3 heteroatoms. The molecule has 9 heavy (non-hydrogen) atoms. The molecule has 0 aromatic heterocycles. The van der Waals surface area contributed by atoms with Crippen LogP contribution in [0.5, 0.6) is 0 Å². The summed E-state index contributed by atoms with van der Waals surface area (Å²) in [5.41, 5.74) is 0. The topological polar surface area (TPSA) is 0 Å². The van der Waals surface area contributed by atoms with Gasteiger partial charge in [-0.2, -0.15) is 0 Å². The van der Waals surface area contributed by atoms with Gasteiger partial charge in [-0.05, 0) is 5.19 Å². The molecule has 0 saturated heterocycles. The highest BCUT2D eigenvalue weighted by Crippen LogP contribution is 1.96. The van der Waals surface area contributed by atoms with Gasteiger partial charge in [-0.15, -0.1) is 22.2 Å². The Morgan fingerprint density at radius 2 is 1.56 bits per heavy atom. The van der Waals surface area contributed by atoms with Crippen molar-refractivity contribution in [1.82, 2.24) is 0 Å². The normalized spacial score (nSPS) is 10.1. The van der Waals surface area contributed by atoms with Crippen LogP contribution < -0.4 is 5.19 Å². The predicted octanol–water partition coefficient (Wildman–Crippen LogP) is 1.86. The minimum Gasteiger partial charge on any atom is -0.140 e. The van der Waals surface area contributed by atoms with Crippen LogP contribution in [0.4, 0.5) is 0 Å². The smallest absolute Gasteiger partial charge is 0.140 e. The Morgan fingerprint density at radius 3 is 1.89 bits per heavy atom. The van der Waals surface area contributed by atoms with Gasteiger partial charge in [-0.3, -0.25) is 0 Å². The van der Waals surface area contributed by atoms with E-state index >= 15 is 0 Å². The summed E-state index contributed by atoms with van der Waals surface area (Å²) < 4.78 is 0. The molecule has 0 N–H and O–H groups in total. The molecule has 0 spiro atoms. The summed E-state index contributed by atoms with van der Waals surface area (Å²) in [5, 5.41) is 1.05. The molecule has 0 fully saturated rings. The van der Waals surface area contributed by atoms with Crippen molar-refractivity contribution in [3.05, 3.63) is 30.3 Å². The highest BCUT2D eigenvalue weighted by Gasteiger charge is 2.03. The van der Waals surface area contributed by atoms with Gasteiger partial charge in [0.15, 0.2) is 0 Å². The predicted molar refractivity (Wildman–Crippen MR) is 43.5 cm³/mol. The molecule has 0 nitrogen and oxygen atoms in total. The second-order valence-corrected chi connectivity index (χ2v) is 5.57. The van der Waals surface area contributed by atoms with E-state index in [1.807, 2.05) is 30.3 Å². The molecule has 0 aliphatic heterocycles. The summed E-state index contributed by atoms with van der Waals surface area (Å²) >= 11 is 11.3. The highest BCUT2D eigenvalue weighted by atomic mass is 35.7. The van der Waals surface area contributed by atoms with Crippen LogP contribution in [-0.4, -0.2) is 7.42 Å². The maximum absolute atomic E-state index is 5.67. The number of hydrogen-bond acceptors (Lipinski definition) is 0. The first-order valence-corrected chi connectivity index (χ1v) is 6.06. The highest BCUT2D eigenvalue weighted by molar-refractivity contribution is 7.39. The van der Waals surface area contributed by atoms with E-state index < -0.39 is 7.42 Å². The molecule has 0 unspecified atom stereocenters. The third-order valence-electron chi connectivity index (χ3n) is 0.992. The van der Waals surface area contributed by atoms with Gasteiger partial charge in [0.05, 0.1) is 0 Å². The summed E-state index contributed by atoms with van der Waals surface area (Å²) in [6.45, 7) is 0. The van der Waals surface area contributed by atoms with E-state index in [-0.39, 0.29) is 0 Å². The molecule has 0 saturated carbocycles. The Labute approximate surface area is 65.4 Å². The minimum absolute atomic E-state index is 1.05. The average Bonchev–Trinajstić information content (AvgIpc) is 1.90. The number of hydrogen-bond donors (Lipinski definition) is 0. The maximum atomic E-state index is 5.67. The van der Waals surface area contributed by atoms with Gasteiger partial charge >= 0.3 is 7.42 Å². The molecule has 1 aromatic carbocycles. The van der Waals surface area contributed by atoms with Crippen molar-refractivity contribution in [2.75, 3.05) is 0 Å². The molecule has 0 heterocycles. The lowest BCUT2D eigenvalue weighted by molar-refractivity contribution is 1.77. The zero-order valence-corrected chi connectivity index (χ0v) is 7.15. The summed E-state index contributed by atoms with van der Waals surface area (Å²) in [6, 6.07) is 9.69. The van der Waals surface area contributed by atoms with E-state index in [1.54, 1.807) is 0 Å². The Hall–Kier alpha value is 0.0169. The van der Waals surface area contributed by atoms with Gasteiger partial charge in [0.25, 0.3) is 0 Å². The van der Waals surface area contributed by atoms with Crippen LogP contribution in [0.2, 0.25) is 0 Å². The van der Waals surface area contributed by atoms with Crippen molar-refractivity contribution in [2.45, 2.75) is 0 Å². The van der Waals surface area contributed by atoms with Crippen molar-refractivity contribution >= 4 is 34.8 Å². The van der Waals surface area contributed by atoms with Gasteiger partial charge in [-0.1, -0.05) is 30.3 Å². The van der Waals surface area contributed by atoms with Crippen molar-refractivity contribution in [3.8, 4) is 0 Å². The fourth-order valence-electron chi connectivity index (χ4n) is 0.564. The van der Waals surface area contributed by atoms with E-state index in [9.17, 15) is 0 Å². The number of halogens is 2. The van der Waals surface area contributed by atoms with Gasteiger partial charge in [-0.25, -0.2) is 0 Å². The van der Waals surface area contributed by atoms with Crippen LogP contribution in [0.3, 0.4) is 0 Å². The van der Waals surface area contributed by atoms with Crippen molar-refractivity contribution < 1.29 is 0 Å². The average molecular weight is 176 g/mol. The van der Waals surface area contributed by atoms with Crippen LogP contribution in [0.1, 0.15) is 0 Å². The van der Waals surface area contributed by atoms with Gasteiger partial charge < -0.3 is 0 Å². The Morgan fingerprint density at radius 1 is 1.00 bits per heavy atom. The van der Waals surface area contributed by atoms with E-state index in [4.69, 9.17) is 22.2 Å². The Kier molecular flexibility index (Phi) is 2.58. The molecule has 1 aromatic rings. The fraction of sp³-hybridized carbons (Fsp3) is 0. The first-order valence-electron chi connectivity index (χ1n) is 2.54. The zero-order chi connectivity index (χ0) is 6.69. The molecule has 0 atom stereocenters. The largest absolute Gasteiger partial charge is 0.307 e. The molecule has 0 bridgehead atoms. The zero-order valence-electron chi connectivity index (χ0n) is 4.64. The lowest BCUT2D eigenvalue weighted by Crippen LogP contribution is -2.16. The Balaban J connectivity index is 2.85. The van der Waals surface area contributed by atoms with Crippen LogP contribution in [0, 0.1) is 0 Å². The van der Waals surface area contributed by atoms with Crippen molar-refractivity contribution in [2.24, 2.45) is 0 Å². The first-order chi connectivity index (χ1) is 4.30. The second-order valence-electron chi connectivity index (χ2n) is 1.63. The van der Waals surface area contributed by atoms with Crippen molar-refractivity contribution in [1.29, 1.82) is 0 Å². The standard InChI is InChI=1S/C6H5Cl2Si/c7-9(8)6-4-2-1-3-5-6/h1-5H. The third-order valence-corrected chi connectivity index (χ3v) is 3.07. The molecular weight excluding hydrogens is 171 g/mol. The number of rotatable bonds is 1. The quantitative estimate of drug-likeness (QED) is 0.452. The number of benzene rings is 1. The van der Waals surface area contributed by atoms with Crippen molar-refractivity contribution in [3.63, 3.8) is 0 Å². The molecule has 47 valence electrons. The lowest BCUT2D eigenvalue weighted by Gasteiger charge is -1.94. The van der Waals surface area contributed by atoms with E-state index in [2.05, 4.69) is 0 Å². The summed E-state index contributed by atoms with van der Waals surface area (Å²) in [6.07, 6.45) is 0. The molecular formula is C6H5Cl2Si. The van der Waals surface area contributed by atoms with Gasteiger partial charge in [0, 0.05) is 0 Å². The van der Waals surface area contributed by atoms with E-state index in [0.717, 1.165) is 5.19 Å². The van der Waals surface area contributed by atoms with E-state index in [1.165, 1.54) is 0 Å². The van der Waals surface area contributed by atoms with Crippen LogP contribution in [0.25, 0.3) is 0 Å². The fourth-order valence-corrected chi connectivity index (χ4v) is 1.76. The lowest BCUT2D eigenvalue weighted by atomic mass is 10.4. The van der Waals surface area contributed by atoms with Crippen LogP contribution in [0.15, 0.2) is 30.3 Å². The van der Waals surface area contributed by atoms with Gasteiger partial charge in [0.2, 0.25) is 0 Å². The van der Waals surface area contributed by atoms with Gasteiger partial charge in [0.1, 0.15) is 0 Å². The summed E-state index contributed by atoms with van der Waals surface area (Å²) in [4.78, 5) is 0. The summed E-state index contributed by atoms with van der Waals surface area (Å²) in [5.74, 6) is 0. The minimum atomic E-state index is -1.27. The molecule has 1 rings (SSSR count).